The Hall–Kier alpha value is -1.95. The number of non-ortho nitro benzene ring substituents is 1. The average molecular weight is 225 g/mol. The molecular formula is C10H11NO5. The number of hydrogen-bond acceptors (Lipinski definition) is 5. The molecule has 1 aromatic rings. The first kappa shape index (κ1) is 12.1. The lowest BCUT2D eigenvalue weighted by molar-refractivity contribution is -0.384. The number of nitrogens with zero attached hydrogens (tertiary/aromatic N) is 1. The van der Waals surface area contributed by atoms with E-state index in [1.807, 2.05) is 0 Å². The minimum absolute atomic E-state index is 0.0312. The fourth-order valence-corrected chi connectivity index (χ4v) is 1.20. The zero-order chi connectivity index (χ0) is 12.1. The molecule has 6 nitrogen and oxygen atoms in total. The van der Waals surface area contributed by atoms with Crippen molar-refractivity contribution in [3.05, 3.63) is 39.9 Å². The van der Waals surface area contributed by atoms with E-state index < -0.39 is 17.0 Å². The number of ether oxygens (including phenoxy) is 1. The maximum Gasteiger partial charge on any atom is 0.335 e. The second-order valence-electron chi connectivity index (χ2n) is 3.17. The lowest BCUT2D eigenvalue weighted by atomic mass is 10.1. The highest BCUT2D eigenvalue weighted by Crippen LogP contribution is 2.13. The van der Waals surface area contributed by atoms with Crippen molar-refractivity contribution in [1.82, 2.24) is 0 Å². The number of methoxy groups -OCH3 is 1. The zero-order valence-corrected chi connectivity index (χ0v) is 8.62. The Morgan fingerprint density at radius 1 is 1.50 bits per heavy atom. The highest BCUT2D eigenvalue weighted by Gasteiger charge is 2.16. The van der Waals surface area contributed by atoms with Gasteiger partial charge in [0.05, 0.1) is 12.0 Å². The van der Waals surface area contributed by atoms with Gasteiger partial charge in [-0.25, -0.2) is 4.79 Å². The van der Waals surface area contributed by atoms with Crippen LogP contribution in [-0.4, -0.2) is 29.2 Å². The summed E-state index contributed by atoms with van der Waals surface area (Å²) in [5.74, 6) is -0.724. The molecule has 0 unspecified atom stereocenters. The van der Waals surface area contributed by atoms with Gasteiger partial charge >= 0.3 is 5.97 Å². The van der Waals surface area contributed by atoms with Crippen LogP contribution in [0.1, 0.15) is 5.56 Å². The third kappa shape index (κ3) is 3.03. The van der Waals surface area contributed by atoms with E-state index in [0.29, 0.717) is 5.56 Å². The van der Waals surface area contributed by atoms with Gasteiger partial charge in [0.15, 0.2) is 6.10 Å². The summed E-state index contributed by atoms with van der Waals surface area (Å²) in [6, 6.07) is 5.62. The van der Waals surface area contributed by atoms with Gasteiger partial charge in [0.1, 0.15) is 0 Å². The SMILES string of the molecule is COC(=O)[C@@H](O)Cc1ccc([N+](=O)[O-])cc1. The van der Waals surface area contributed by atoms with Crippen LogP contribution in [0.2, 0.25) is 0 Å². The van der Waals surface area contributed by atoms with Gasteiger partial charge in [0.25, 0.3) is 5.69 Å². The maximum atomic E-state index is 10.9. The van der Waals surface area contributed by atoms with E-state index in [-0.39, 0.29) is 12.1 Å². The average Bonchev–Trinajstić information content (AvgIpc) is 2.28. The van der Waals surface area contributed by atoms with Crippen LogP contribution in [0, 0.1) is 10.1 Å². The van der Waals surface area contributed by atoms with Gasteiger partial charge in [-0.3, -0.25) is 10.1 Å². The number of nitro benzene ring substituents is 1. The molecule has 1 atom stereocenters. The molecule has 0 saturated carbocycles. The van der Waals surface area contributed by atoms with Gasteiger partial charge in [-0.15, -0.1) is 0 Å². The van der Waals surface area contributed by atoms with Crippen molar-refractivity contribution in [2.75, 3.05) is 7.11 Å². The Balaban J connectivity index is 2.68. The summed E-state index contributed by atoms with van der Waals surface area (Å²) in [7, 11) is 1.18. The summed E-state index contributed by atoms with van der Waals surface area (Å²) in [5, 5.41) is 19.7. The smallest absolute Gasteiger partial charge is 0.335 e. The molecule has 0 bridgehead atoms. The summed E-state index contributed by atoms with van der Waals surface area (Å²) >= 11 is 0. The highest BCUT2D eigenvalue weighted by molar-refractivity contribution is 5.74. The predicted octanol–water partition coefficient (Wildman–Crippen LogP) is 0.671. The number of benzene rings is 1. The van der Waals surface area contributed by atoms with Gasteiger partial charge in [-0.05, 0) is 5.56 Å². The van der Waals surface area contributed by atoms with E-state index in [1.165, 1.54) is 31.4 Å². The summed E-state index contributed by atoms with van der Waals surface area (Å²) in [4.78, 5) is 20.8. The van der Waals surface area contributed by atoms with Crippen LogP contribution < -0.4 is 0 Å². The van der Waals surface area contributed by atoms with E-state index >= 15 is 0 Å². The molecule has 0 aliphatic carbocycles. The van der Waals surface area contributed by atoms with Crippen LogP contribution in [0.25, 0.3) is 0 Å². The third-order valence-electron chi connectivity index (χ3n) is 2.05. The molecular weight excluding hydrogens is 214 g/mol. The lowest BCUT2D eigenvalue weighted by Gasteiger charge is -2.07. The highest BCUT2D eigenvalue weighted by atomic mass is 16.6. The summed E-state index contributed by atoms with van der Waals surface area (Å²) in [6.45, 7) is 0. The second kappa shape index (κ2) is 5.22. The van der Waals surface area contributed by atoms with Crippen LogP contribution in [0.4, 0.5) is 5.69 Å². The number of rotatable bonds is 4. The largest absolute Gasteiger partial charge is 0.467 e. The van der Waals surface area contributed by atoms with Gasteiger partial charge in [-0.1, -0.05) is 12.1 Å². The van der Waals surface area contributed by atoms with Gasteiger partial charge in [0.2, 0.25) is 0 Å². The van der Waals surface area contributed by atoms with Gasteiger partial charge in [0, 0.05) is 18.6 Å². The molecule has 0 saturated heterocycles. The number of aliphatic hydroxyl groups excluding tert-OH is 1. The van der Waals surface area contributed by atoms with Gasteiger partial charge in [-0.2, -0.15) is 0 Å². The van der Waals surface area contributed by atoms with Crippen molar-refractivity contribution in [3.63, 3.8) is 0 Å². The molecule has 1 rings (SSSR count). The Labute approximate surface area is 91.6 Å². The number of aliphatic hydroxyl groups is 1. The molecule has 0 fully saturated rings. The molecule has 1 N–H and O–H groups in total. The van der Waals surface area contributed by atoms with Crippen LogP contribution in [0.5, 0.6) is 0 Å². The summed E-state index contributed by atoms with van der Waals surface area (Å²) in [6.07, 6.45) is -1.17. The van der Waals surface area contributed by atoms with E-state index in [9.17, 15) is 20.0 Å². The first-order valence-corrected chi connectivity index (χ1v) is 4.54. The Morgan fingerprint density at radius 3 is 2.50 bits per heavy atom. The van der Waals surface area contributed by atoms with E-state index in [4.69, 9.17) is 0 Å². The lowest BCUT2D eigenvalue weighted by Crippen LogP contribution is -2.24. The van der Waals surface area contributed by atoms with E-state index in [1.54, 1.807) is 0 Å². The Kier molecular flexibility index (Phi) is 3.96. The minimum atomic E-state index is -1.24. The number of carbonyl (C=O) groups is 1. The summed E-state index contributed by atoms with van der Waals surface area (Å²) < 4.78 is 4.35. The second-order valence-corrected chi connectivity index (χ2v) is 3.17. The fraction of sp³-hybridized carbons (Fsp3) is 0.300. The Morgan fingerprint density at radius 2 is 2.06 bits per heavy atom. The van der Waals surface area contributed by atoms with Crippen molar-refractivity contribution in [3.8, 4) is 0 Å². The first-order chi connectivity index (χ1) is 7.54. The topological polar surface area (TPSA) is 89.7 Å². The molecule has 6 heteroatoms. The first-order valence-electron chi connectivity index (χ1n) is 4.54. The fourth-order valence-electron chi connectivity index (χ4n) is 1.20. The molecule has 0 amide bonds. The normalized spacial score (nSPS) is 11.9. The van der Waals surface area contributed by atoms with Crippen LogP contribution in [-0.2, 0) is 16.0 Å². The molecule has 86 valence electrons. The Bertz CT molecular complexity index is 387. The predicted molar refractivity (Wildman–Crippen MR) is 54.8 cm³/mol. The third-order valence-corrected chi connectivity index (χ3v) is 2.05. The standard InChI is InChI=1S/C10H11NO5/c1-16-10(13)9(12)6-7-2-4-8(5-3-7)11(14)15/h2-5,9,12H,6H2,1H3/t9-/m0/s1. The minimum Gasteiger partial charge on any atom is -0.467 e. The van der Waals surface area contributed by atoms with Crippen molar-refractivity contribution < 1.29 is 19.6 Å². The molecule has 16 heavy (non-hydrogen) atoms. The van der Waals surface area contributed by atoms with E-state index in [0.717, 1.165) is 0 Å². The molecule has 0 radical (unpaired) electrons. The monoisotopic (exact) mass is 225 g/mol. The number of hydrogen-bond donors (Lipinski definition) is 1. The van der Waals surface area contributed by atoms with Gasteiger partial charge < -0.3 is 9.84 Å². The molecule has 0 heterocycles. The summed E-state index contributed by atoms with van der Waals surface area (Å²) in [5.41, 5.74) is 0.597. The molecule has 1 aromatic carbocycles. The van der Waals surface area contributed by atoms with Crippen molar-refractivity contribution in [2.24, 2.45) is 0 Å². The zero-order valence-electron chi connectivity index (χ0n) is 8.62. The molecule has 0 aliphatic rings. The van der Waals surface area contributed by atoms with Crippen molar-refractivity contribution in [2.45, 2.75) is 12.5 Å². The molecule has 0 spiro atoms. The number of nitro groups is 1. The van der Waals surface area contributed by atoms with E-state index in [2.05, 4.69) is 4.74 Å². The quantitative estimate of drug-likeness (QED) is 0.462. The molecule has 0 aliphatic heterocycles. The molecule has 0 aromatic heterocycles. The van der Waals surface area contributed by atoms with Crippen molar-refractivity contribution in [1.29, 1.82) is 0 Å². The van der Waals surface area contributed by atoms with Crippen LogP contribution in [0.15, 0.2) is 24.3 Å². The van der Waals surface area contributed by atoms with Crippen molar-refractivity contribution >= 4 is 11.7 Å². The number of carbonyl (C=O) groups excluding carboxylic acids is 1. The van der Waals surface area contributed by atoms with Crippen LogP contribution >= 0.6 is 0 Å². The maximum absolute atomic E-state index is 10.9. The van der Waals surface area contributed by atoms with Crippen LogP contribution in [0.3, 0.4) is 0 Å². The number of esters is 1.